The Morgan fingerprint density at radius 2 is 1.84 bits per heavy atom. The molecule has 0 saturated heterocycles. The zero-order valence-electron chi connectivity index (χ0n) is 19.8. The third kappa shape index (κ3) is 5.34. The van der Waals surface area contributed by atoms with Crippen LogP contribution in [0.2, 0.25) is 0 Å². The largest absolute Gasteiger partial charge is 0.487 e. The van der Waals surface area contributed by atoms with Crippen molar-refractivity contribution < 1.29 is 18.3 Å². The minimum absolute atomic E-state index is 0.0470. The van der Waals surface area contributed by atoms with Crippen LogP contribution in [0.25, 0.3) is 11.1 Å². The second-order valence-corrected chi connectivity index (χ2v) is 10.9. The molecular formula is C25H36N2O4S. The van der Waals surface area contributed by atoms with Gasteiger partial charge in [0, 0.05) is 25.0 Å². The molecule has 0 radical (unpaired) electrons. The molecule has 2 aromatic carbocycles. The average molecular weight is 461 g/mol. The quantitative estimate of drug-likeness (QED) is 0.681. The van der Waals surface area contributed by atoms with Gasteiger partial charge in [-0.3, -0.25) is 0 Å². The van der Waals surface area contributed by atoms with Gasteiger partial charge in [0.25, 0.3) is 0 Å². The van der Waals surface area contributed by atoms with Crippen LogP contribution in [0.1, 0.15) is 32.8 Å². The normalized spacial score (nSPS) is 22.0. The van der Waals surface area contributed by atoms with Gasteiger partial charge in [0.05, 0.1) is 6.61 Å². The molecule has 0 spiro atoms. The number of sulfonamides is 1. The van der Waals surface area contributed by atoms with Crippen molar-refractivity contribution >= 4 is 10.0 Å². The minimum atomic E-state index is -3.82. The van der Waals surface area contributed by atoms with Crippen molar-refractivity contribution in [3.05, 3.63) is 48.0 Å². The summed E-state index contributed by atoms with van der Waals surface area (Å²) in [4.78, 5) is 2.38. The molecule has 1 aliphatic heterocycles. The smallest absolute Gasteiger partial charge is 0.247 e. The fourth-order valence-electron chi connectivity index (χ4n) is 4.15. The summed E-state index contributed by atoms with van der Waals surface area (Å²) >= 11 is 0. The van der Waals surface area contributed by atoms with Crippen LogP contribution in [0.3, 0.4) is 0 Å². The second kappa shape index (κ2) is 10.3. The molecule has 0 aromatic heterocycles. The van der Waals surface area contributed by atoms with E-state index in [4.69, 9.17) is 4.74 Å². The third-order valence-corrected chi connectivity index (χ3v) is 8.17. The molecule has 1 heterocycles. The molecule has 3 rings (SSSR count). The van der Waals surface area contributed by atoms with Gasteiger partial charge in [0.1, 0.15) is 16.7 Å². The average Bonchev–Trinajstić information content (AvgIpc) is 2.76. The molecule has 0 saturated carbocycles. The Balaban J connectivity index is 2.10. The van der Waals surface area contributed by atoms with E-state index in [0.717, 1.165) is 24.1 Å². The Bertz CT molecular complexity index is 1010. The fourth-order valence-corrected chi connectivity index (χ4v) is 5.98. The highest BCUT2D eigenvalue weighted by Crippen LogP contribution is 2.36. The maximum absolute atomic E-state index is 13.6. The van der Waals surface area contributed by atoms with Gasteiger partial charge in [0.15, 0.2) is 0 Å². The Hall–Kier alpha value is -1.93. The molecular weight excluding hydrogens is 424 g/mol. The number of nitrogens with zero attached hydrogens (tertiary/aromatic N) is 2. The fraction of sp³-hybridized carbons (Fsp3) is 0.520. The maximum atomic E-state index is 13.6. The highest BCUT2D eigenvalue weighted by Gasteiger charge is 2.38. The molecule has 0 fully saturated rings. The summed E-state index contributed by atoms with van der Waals surface area (Å²) in [6, 6.07) is 12.9. The van der Waals surface area contributed by atoms with Crippen molar-refractivity contribution in [3.63, 3.8) is 0 Å². The molecule has 0 aliphatic carbocycles. The molecule has 1 aliphatic rings. The molecule has 32 heavy (non-hydrogen) atoms. The van der Waals surface area contributed by atoms with Gasteiger partial charge in [-0.25, -0.2) is 8.42 Å². The van der Waals surface area contributed by atoms with Crippen molar-refractivity contribution in [3.8, 4) is 16.9 Å². The van der Waals surface area contributed by atoms with Gasteiger partial charge < -0.3 is 14.7 Å². The Labute approximate surface area is 192 Å². The van der Waals surface area contributed by atoms with E-state index in [1.165, 1.54) is 9.87 Å². The van der Waals surface area contributed by atoms with Gasteiger partial charge in [-0.15, -0.1) is 0 Å². The van der Waals surface area contributed by atoms with Crippen LogP contribution in [0.4, 0.5) is 0 Å². The number of aliphatic hydroxyl groups is 1. The van der Waals surface area contributed by atoms with E-state index in [0.29, 0.717) is 18.8 Å². The Kier molecular flexibility index (Phi) is 7.98. The van der Waals surface area contributed by atoms with E-state index in [9.17, 15) is 13.5 Å². The van der Waals surface area contributed by atoms with E-state index in [1.54, 1.807) is 13.0 Å². The van der Waals surface area contributed by atoms with E-state index in [2.05, 4.69) is 18.9 Å². The SMILES string of the molecule is CCCN(C)C[C@H]1Oc2cc(-c3ccc(C)cc3)ccc2S(=O)(=O)N([C@@H](C)CO)C[C@H]1C. The number of aryl methyl sites for hydroxylation is 1. The lowest BCUT2D eigenvalue weighted by atomic mass is 10.0. The number of likely N-dealkylation sites (N-methyl/N-ethyl adjacent to an activating group) is 1. The minimum Gasteiger partial charge on any atom is -0.487 e. The molecule has 176 valence electrons. The first-order valence-electron chi connectivity index (χ1n) is 11.4. The first-order chi connectivity index (χ1) is 15.2. The van der Waals surface area contributed by atoms with Crippen LogP contribution < -0.4 is 4.74 Å². The van der Waals surface area contributed by atoms with Crippen LogP contribution in [0.5, 0.6) is 5.75 Å². The molecule has 2 aromatic rings. The topological polar surface area (TPSA) is 70.1 Å². The Morgan fingerprint density at radius 1 is 1.19 bits per heavy atom. The number of ether oxygens (including phenoxy) is 1. The maximum Gasteiger partial charge on any atom is 0.247 e. The number of fused-ring (bicyclic) bond motifs is 1. The van der Waals surface area contributed by atoms with E-state index in [1.807, 2.05) is 50.2 Å². The lowest BCUT2D eigenvalue weighted by Crippen LogP contribution is -2.49. The van der Waals surface area contributed by atoms with E-state index in [-0.39, 0.29) is 23.5 Å². The summed E-state index contributed by atoms with van der Waals surface area (Å²) in [5.41, 5.74) is 3.09. The van der Waals surface area contributed by atoms with Crippen LogP contribution in [0, 0.1) is 12.8 Å². The van der Waals surface area contributed by atoms with Crippen molar-refractivity contribution in [1.82, 2.24) is 9.21 Å². The predicted octanol–water partition coefficient (Wildman–Crippen LogP) is 3.77. The highest BCUT2D eigenvalue weighted by atomic mass is 32.2. The standard InChI is InChI=1S/C25H36N2O4S/c1-6-13-26(5)16-24-19(3)15-27(20(4)17-28)32(29,30)25-12-11-22(14-23(25)31-24)21-9-7-18(2)8-10-21/h7-12,14,19-20,24,28H,6,13,15-17H2,1-5H3/t19-,20+,24-/m1/s1. The number of hydrogen-bond donors (Lipinski definition) is 1. The first kappa shape index (κ1) is 24.7. The monoisotopic (exact) mass is 460 g/mol. The summed E-state index contributed by atoms with van der Waals surface area (Å²) in [5, 5.41) is 9.77. The number of rotatable bonds is 7. The Morgan fingerprint density at radius 3 is 2.47 bits per heavy atom. The highest BCUT2D eigenvalue weighted by molar-refractivity contribution is 7.89. The zero-order chi connectivity index (χ0) is 23.5. The van der Waals surface area contributed by atoms with Crippen LogP contribution in [-0.2, 0) is 10.0 Å². The molecule has 3 atom stereocenters. The summed E-state index contributed by atoms with van der Waals surface area (Å²) in [6.07, 6.45) is 0.857. The van der Waals surface area contributed by atoms with E-state index < -0.39 is 16.1 Å². The zero-order valence-corrected chi connectivity index (χ0v) is 20.6. The van der Waals surface area contributed by atoms with Crippen molar-refractivity contribution in [1.29, 1.82) is 0 Å². The molecule has 6 nitrogen and oxygen atoms in total. The summed E-state index contributed by atoms with van der Waals surface area (Å²) in [6.45, 7) is 9.65. The molecule has 1 N–H and O–H groups in total. The summed E-state index contributed by atoms with van der Waals surface area (Å²) in [5.74, 6) is 0.328. The molecule has 0 amide bonds. The molecule has 7 heteroatoms. The van der Waals surface area contributed by atoms with Gasteiger partial charge in [-0.2, -0.15) is 4.31 Å². The van der Waals surface area contributed by atoms with Gasteiger partial charge in [-0.1, -0.05) is 49.7 Å². The second-order valence-electron chi connectivity index (χ2n) is 9.03. The third-order valence-electron chi connectivity index (χ3n) is 6.15. The first-order valence-corrected chi connectivity index (χ1v) is 12.8. The molecule has 0 bridgehead atoms. The van der Waals surface area contributed by atoms with E-state index >= 15 is 0 Å². The number of hydrogen-bond acceptors (Lipinski definition) is 5. The number of aliphatic hydroxyl groups excluding tert-OH is 1. The van der Waals surface area contributed by atoms with Gasteiger partial charge in [-0.05, 0) is 57.1 Å². The molecule has 0 unspecified atom stereocenters. The van der Waals surface area contributed by atoms with Gasteiger partial charge in [0.2, 0.25) is 10.0 Å². The number of benzene rings is 2. The lowest BCUT2D eigenvalue weighted by Gasteiger charge is -2.37. The van der Waals surface area contributed by atoms with Crippen LogP contribution in [-0.4, -0.2) is 68.2 Å². The van der Waals surface area contributed by atoms with Crippen molar-refractivity contribution in [2.45, 2.75) is 51.2 Å². The predicted molar refractivity (Wildman–Crippen MR) is 128 cm³/mol. The van der Waals surface area contributed by atoms with Crippen LogP contribution >= 0.6 is 0 Å². The van der Waals surface area contributed by atoms with Crippen LogP contribution in [0.15, 0.2) is 47.4 Å². The van der Waals surface area contributed by atoms with Crippen molar-refractivity contribution in [2.24, 2.45) is 5.92 Å². The summed E-state index contributed by atoms with van der Waals surface area (Å²) < 4.78 is 35.0. The van der Waals surface area contributed by atoms with Gasteiger partial charge >= 0.3 is 0 Å². The lowest BCUT2D eigenvalue weighted by molar-refractivity contribution is 0.0753. The summed E-state index contributed by atoms with van der Waals surface area (Å²) in [7, 11) is -1.76. The van der Waals surface area contributed by atoms with Crippen molar-refractivity contribution in [2.75, 3.05) is 33.3 Å².